The van der Waals surface area contributed by atoms with E-state index < -0.39 is 21.9 Å². The fraction of sp³-hybridized carbons (Fsp3) is 0.562. The zero-order chi connectivity index (χ0) is 17.7. The smallest absolute Gasteiger partial charge is 0.307 e. The molecular weight excluding hydrogens is 334 g/mol. The number of sulfonamides is 1. The Morgan fingerprint density at radius 2 is 1.92 bits per heavy atom. The molecule has 1 heterocycles. The second kappa shape index (κ2) is 7.85. The maximum absolute atomic E-state index is 12.8. The van der Waals surface area contributed by atoms with E-state index in [-0.39, 0.29) is 11.4 Å². The van der Waals surface area contributed by atoms with E-state index in [1.807, 2.05) is 6.92 Å². The van der Waals surface area contributed by atoms with E-state index in [0.29, 0.717) is 44.1 Å². The summed E-state index contributed by atoms with van der Waals surface area (Å²) in [6.07, 6.45) is 1.03. The van der Waals surface area contributed by atoms with Crippen molar-refractivity contribution in [3.05, 3.63) is 18.2 Å². The van der Waals surface area contributed by atoms with Gasteiger partial charge in [0.25, 0.3) is 0 Å². The van der Waals surface area contributed by atoms with E-state index in [1.165, 1.54) is 16.4 Å². The molecule has 1 aromatic rings. The highest BCUT2D eigenvalue weighted by Gasteiger charge is 2.33. The quantitative estimate of drug-likeness (QED) is 0.802. The Labute approximate surface area is 142 Å². The van der Waals surface area contributed by atoms with Crippen LogP contribution < -0.4 is 9.47 Å². The lowest BCUT2D eigenvalue weighted by Crippen LogP contribution is -2.42. The van der Waals surface area contributed by atoms with Crippen LogP contribution in [-0.4, -0.2) is 50.1 Å². The van der Waals surface area contributed by atoms with Crippen LogP contribution in [0.1, 0.15) is 26.7 Å². The molecule has 7 nitrogen and oxygen atoms in total. The van der Waals surface area contributed by atoms with Crippen LogP contribution in [0.3, 0.4) is 0 Å². The van der Waals surface area contributed by atoms with E-state index in [0.717, 1.165) is 0 Å². The van der Waals surface area contributed by atoms with E-state index in [4.69, 9.17) is 14.6 Å². The van der Waals surface area contributed by atoms with Gasteiger partial charge >= 0.3 is 5.97 Å². The van der Waals surface area contributed by atoms with Crippen molar-refractivity contribution in [3.8, 4) is 11.5 Å². The molecule has 0 radical (unpaired) electrons. The average Bonchev–Trinajstić information content (AvgIpc) is 2.57. The van der Waals surface area contributed by atoms with Crippen LogP contribution in [0.2, 0.25) is 0 Å². The van der Waals surface area contributed by atoms with Crippen LogP contribution in [0.25, 0.3) is 0 Å². The summed E-state index contributed by atoms with van der Waals surface area (Å²) in [6.45, 7) is 4.78. The van der Waals surface area contributed by atoms with Crippen LogP contribution in [0, 0.1) is 5.92 Å². The van der Waals surface area contributed by atoms with E-state index in [2.05, 4.69) is 0 Å². The van der Waals surface area contributed by atoms with Crippen molar-refractivity contribution in [2.24, 2.45) is 5.92 Å². The van der Waals surface area contributed by atoms with E-state index >= 15 is 0 Å². The Kier molecular flexibility index (Phi) is 6.06. The van der Waals surface area contributed by atoms with Gasteiger partial charge in [-0.05, 0) is 38.8 Å². The molecule has 2 rings (SSSR count). The number of carboxylic acid groups (broad SMARTS) is 1. The van der Waals surface area contributed by atoms with Crippen LogP contribution in [0.15, 0.2) is 23.1 Å². The van der Waals surface area contributed by atoms with Crippen molar-refractivity contribution in [1.29, 1.82) is 0 Å². The van der Waals surface area contributed by atoms with E-state index in [9.17, 15) is 13.2 Å². The van der Waals surface area contributed by atoms with Gasteiger partial charge in [-0.15, -0.1) is 0 Å². The molecular formula is C16H23NO6S. The number of piperidine rings is 1. The van der Waals surface area contributed by atoms with Crippen molar-refractivity contribution < 1.29 is 27.8 Å². The molecule has 1 atom stereocenters. The summed E-state index contributed by atoms with van der Waals surface area (Å²) in [5.41, 5.74) is 0. The summed E-state index contributed by atoms with van der Waals surface area (Å²) in [6, 6.07) is 4.47. The minimum atomic E-state index is -3.77. The van der Waals surface area contributed by atoms with Gasteiger partial charge in [0, 0.05) is 19.2 Å². The highest BCUT2D eigenvalue weighted by molar-refractivity contribution is 7.89. The van der Waals surface area contributed by atoms with Crippen LogP contribution in [0.4, 0.5) is 0 Å². The Hall–Kier alpha value is -1.80. The molecule has 134 valence electrons. The highest BCUT2D eigenvalue weighted by Crippen LogP contribution is 2.32. The lowest BCUT2D eigenvalue weighted by atomic mass is 10.0. The maximum Gasteiger partial charge on any atom is 0.307 e. The molecule has 1 aromatic carbocycles. The summed E-state index contributed by atoms with van der Waals surface area (Å²) < 4.78 is 37.8. The van der Waals surface area contributed by atoms with Gasteiger partial charge in [0.1, 0.15) is 0 Å². The highest BCUT2D eigenvalue weighted by atomic mass is 32.2. The van der Waals surface area contributed by atoms with E-state index in [1.54, 1.807) is 13.0 Å². The van der Waals surface area contributed by atoms with Crippen molar-refractivity contribution in [1.82, 2.24) is 4.31 Å². The lowest BCUT2D eigenvalue weighted by Gasteiger charge is -2.30. The topological polar surface area (TPSA) is 93.1 Å². The molecule has 8 heteroatoms. The summed E-state index contributed by atoms with van der Waals surface area (Å²) in [7, 11) is -3.77. The zero-order valence-corrected chi connectivity index (χ0v) is 14.7. The molecule has 1 aliphatic rings. The van der Waals surface area contributed by atoms with Gasteiger partial charge < -0.3 is 14.6 Å². The summed E-state index contributed by atoms with van der Waals surface area (Å²) >= 11 is 0. The largest absolute Gasteiger partial charge is 0.490 e. The number of rotatable bonds is 7. The van der Waals surface area contributed by atoms with Gasteiger partial charge in [0.05, 0.1) is 24.0 Å². The van der Waals surface area contributed by atoms with Crippen molar-refractivity contribution >= 4 is 16.0 Å². The molecule has 0 spiro atoms. The number of carbonyl (C=O) groups is 1. The fourth-order valence-electron chi connectivity index (χ4n) is 2.70. The van der Waals surface area contributed by atoms with Crippen LogP contribution in [-0.2, 0) is 14.8 Å². The Morgan fingerprint density at radius 3 is 2.54 bits per heavy atom. The third kappa shape index (κ3) is 3.99. The third-order valence-corrected chi connectivity index (χ3v) is 5.75. The average molecular weight is 357 g/mol. The van der Waals surface area contributed by atoms with Crippen LogP contribution >= 0.6 is 0 Å². The molecule has 1 N–H and O–H groups in total. The Balaban J connectivity index is 2.31. The zero-order valence-electron chi connectivity index (χ0n) is 13.9. The standard InChI is InChI=1S/C16H23NO6S/c1-3-22-14-8-7-13(10-15(14)23-4-2)24(20,21)17-9-5-6-12(11-17)16(18)19/h7-8,10,12H,3-6,9,11H2,1-2H3,(H,18,19)/t12-/m1/s1. The number of benzene rings is 1. The fourth-order valence-corrected chi connectivity index (χ4v) is 4.24. The summed E-state index contributed by atoms with van der Waals surface area (Å²) in [4.78, 5) is 11.2. The number of hydrogen-bond acceptors (Lipinski definition) is 5. The molecule has 1 fully saturated rings. The first-order chi connectivity index (χ1) is 11.4. The Morgan fingerprint density at radius 1 is 1.25 bits per heavy atom. The van der Waals surface area contributed by atoms with Crippen molar-refractivity contribution in [2.75, 3.05) is 26.3 Å². The minimum absolute atomic E-state index is 0.00511. The van der Waals surface area contributed by atoms with Gasteiger partial charge in [-0.2, -0.15) is 4.31 Å². The van der Waals surface area contributed by atoms with Crippen LogP contribution in [0.5, 0.6) is 11.5 Å². The minimum Gasteiger partial charge on any atom is -0.490 e. The van der Waals surface area contributed by atoms with Crippen molar-refractivity contribution in [3.63, 3.8) is 0 Å². The second-order valence-electron chi connectivity index (χ2n) is 5.52. The molecule has 0 amide bonds. The van der Waals surface area contributed by atoms with Crippen molar-refractivity contribution in [2.45, 2.75) is 31.6 Å². The molecule has 1 saturated heterocycles. The Bertz CT molecular complexity index is 688. The number of nitrogens with zero attached hydrogens (tertiary/aromatic N) is 1. The first-order valence-electron chi connectivity index (χ1n) is 8.02. The summed E-state index contributed by atoms with van der Waals surface area (Å²) in [5.74, 6) is -0.772. The molecule has 0 aromatic heterocycles. The molecule has 0 saturated carbocycles. The van der Waals surface area contributed by atoms with Gasteiger partial charge in [-0.3, -0.25) is 4.79 Å². The predicted molar refractivity (Wildman–Crippen MR) is 87.9 cm³/mol. The number of aliphatic carboxylic acids is 1. The first kappa shape index (κ1) is 18.5. The predicted octanol–water partition coefficient (Wildman–Crippen LogP) is 1.97. The van der Waals surface area contributed by atoms with Gasteiger partial charge in [0.15, 0.2) is 11.5 Å². The molecule has 0 aliphatic carbocycles. The number of ether oxygens (including phenoxy) is 2. The monoisotopic (exact) mass is 357 g/mol. The molecule has 0 unspecified atom stereocenters. The van der Waals surface area contributed by atoms with Gasteiger partial charge in [-0.1, -0.05) is 0 Å². The molecule has 24 heavy (non-hydrogen) atoms. The SMILES string of the molecule is CCOc1ccc(S(=O)(=O)N2CCC[C@@H](C(=O)O)C2)cc1OCC. The molecule has 1 aliphatic heterocycles. The summed E-state index contributed by atoms with van der Waals surface area (Å²) in [5, 5.41) is 9.14. The number of hydrogen-bond donors (Lipinski definition) is 1. The first-order valence-corrected chi connectivity index (χ1v) is 9.46. The lowest BCUT2D eigenvalue weighted by molar-refractivity contribution is -0.142. The normalized spacial score (nSPS) is 19.0. The third-order valence-electron chi connectivity index (χ3n) is 3.89. The van der Waals surface area contributed by atoms with Gasteiger partial charge in [-0.25, -0.2) is 8.42 Å². The molecule has 0 bridgehead atoms. The maximum atomic E-state index is 12.8. The van der Waals surface area contributed by atoms with Gasteiger partial charge in [0.2, 0.25) is 10.0 Å². The second-order valence-corrected chi connectivity index (χ2v) is 7.45. The number of carboxylic acids is 1.